The maximum Gasteiger partial charge on any atom is 0.170 e. The summed E-state index contributed by atoms with van der Waals surface area (Å²) < 4.78 is 46.9. The van der Waals surface area contributed by atoms with E-state index in [4.69, 9.17) is 4.74 Å². The zero-order valence-corrected chi connectivity index (χ0v) is 20.6. The van der Waals surface area contributed by atoms with E-state index in [0.29, 0.717) is 22.8 Å². The highest BCUT2D eigenvalue weighted by molar-refractivity contribution is 7.90. The van der Waals surface area contributed by atoms with E-state index in [-0.39, 0.29) is 23.2 Å². The largest absolute Gasteiger partial charge is 0.495 e. The third-order valence-corrected chi connectivity index (χ3v) is 7.15. The van der Waals surface area contributed by atoms with Crippen LogP contribution < -0.4 is 4.74 Å². The fourth-order valence-corrected chi connectivity index (χ4v) is 5.49. The number of para-hydroxylation sites is 1. The molecule has 0 N–H and O–H groups in total. The minimum Gasteiger partial charge on any atom is -0.495 e. The van der Waals surface area contributed by atoms with Gasteiger partial charge in [0.2, 0.25) is 0 Å². The molecule has 9 nitrogen and oxygen atoms in total. The van der Waals surface area contributed by atoms with Crippen LogP contribution in [-0.4, -0.2) is 51.0 Å². The lowest BCUT2D eigenvalue weighted by molar-refractivity contribution is 0.412. The van der Waals surface area contributed by atoms with Crippen LogP contribution in [0.15, 0.2) is 49.1 Å². The van der Waals surface area contributed by atoms with Crippen molar-refractivity contribution < 1.29 is 17.5 Å². The first kappa shape index (κ1) is 24.4. The van der Waals surface area contributed by atoms with Gasteiger partial charge in [-0.2, -0.15) is 0 Å². The number of nitrogens with zero attached hydrogens (tertiary/aromatic N) is 6. The number of methoxy groups -OCH3 is 1. The molecule has 182 valence electrons. The van der Waals surface area contributed by atoms with Crippen LogP contribution in [0.25, 0.3) is 17.1 Å². The summed E-state index contributed by atoms with van der Waals surface area (Å²) in [7, 11) is -2.13. The van der Waals surface area contributed by atoms with E-state index in [1.165, 1.54) is 0 Å². The van der Waals surface area contributed by atoms with Crippen molar-refractivity contribution in [2.75, 3.05) is 12.9 Å². The molecule has 4 aromatic rings. The maximum absolute atomic E-state index is 13.2. The standard InChI is InChI=1S/C24H25FN6O3S/c1-15-8-18(10-26-9-15)24-30-29-21(31(24)22-16(2)6-5-7-20(22)34-4)14-35(32,33)13-17(3)23-27-11-19(25)12-28-23/h5-12,17H,13-14H2,1-4H3/t17-/m1/s1. The molecule has 1 atom stereocenters. The molecule has 0 fully saturated rings. The van der Waals surface area contributed by atoms with Gasteiger partial charge in [-0.3, -0.25) is 9.55 Å². The molecule has 0 amide bonds. The number of rotatable bonds is 8. The van der Waals surface area contributed by atoms with Gasteiger partial charge in [-0.05, 0) is 37.1 Å². The molecule has 0 aliphatic carbocycles. The first-order chi connectivity index (χ1) is 16.7. The van der Waals surface area contributed by atoms with Crippen molar-refractivity contribution in [2.45, 2.75) is 32.4 Å². The molecule has 0 saturated heterocycles. The summed E-state index contributed by atoms with van der Waals surface area (Å²) in [6.45, 7) is 5.50. The molecule has 0 aliphatic heterocycles. The Morgan fingerprint density at radius 2 is 1.83 bits per heavy atom. The summed E-state index contributed by atoms with van der Waals surface area (Å²) in [6.07, 6.45) is 5.43. The molecule has 4 rings (SSSR count). The highest BCUT2D eigenvalue weighted by Crippen LogP contribution is 2.32. The van der Waals surface area contributed by atoms with Gasteiger partial charge in [0, 0.05) is 23.9 Å². The summed E-state index contributed by atoms with van der Waals surface area (Å²) >= 11 is 0. The Bertz CT molecular complexity index is 1450. The molecule has 1 aromatic carbocycles. The highest BCUT2D eigenvalue weighted by atomic mass is 32.2. The lowest BCUT2D eigenvalue weighted by atomic mass is 10.1. The van der Waals surface area contributed by atoms with Crippen LogP contribution in [0, 0.1) is 19.7 Å². The number of aromatic nitrogens is 6. The molecular formula is C24H25FN6O3S. The summed E-state index contributed by atoms with van der Waals surface area (Å²) in [4.78, 5) is 12.1. The average molecular weight is 497 g/mol. The number of hydrogen-bond acceptors (Lipinski definition) is 8. The zero-order chi connectivity index (χ0) is 25.2. The van der Waals surface area contributed by atoms with E-state index in [0.717, 1.165) is 23.5 Å². The second-order valence-electron chi connectivity index (χ2n) is 8.37. The van der Waals surface area contributed by atoms with Gasteiger partial charge in [-0.15, -0.1) is 10.2 Å². The lowest BCUT2D eigenvalue weighted by Crippen LogP contribution is -2.19. The molecule has 0 saturated carbocycles. The monoisotopic (exact) mass is 496 g/mol. The molecule has 0 unspecified atom stereocenters. The number of hydrogen-bond donors (Lipinski definition) is 0. The number of benzene rings is 1. The summed E-state index contributed by atoms with van der Waals surface area (Å²) in [5, 5.41) is 8.60. The summed E-state index contributed by atoms with van der Waals surface area (Å²) in [6, 6.07) is 7.47. The number of pyridine rings is 1. The van der Waals surface area contributed by atoms with Crippen molar-refractivity contribution in [3.63, 3.8) is 0 Å². The Balaban J connectivity index is 1.77. The zero-order valence-electron chi connectivity index (χ0n) is 19.8. The highest BCUT2D eigenvalue weighted by Gasteiger charge is 2.26. The molecule has 0 aliphatic rings. The number of ether oxygens (including phenoxy) is 1. The minimum atomic E-state index is -3.69. The molecule has 0 bridgehead atoms. The average Bonchev–Trinajstić information content (AvgIpc) is 3.21. The third-order valence-electron chi connectivity index (χ3n) is 5.44. The molecule has 0 radical (unpaired) electrons. The Morgan fingerprint density at radius 1 is 1.09 bits per heavy atom. The number of halogens is 1. The van der Waals surface area contributed by atoms with Crippen molar-refractivity contribution in [1.29, 1.82) is 0 Å². The van der Waals surface area contributed by atoms with Crippen LogP contribution in [0.5, 0.6) is 5.75 Å². The van der Waals surface area contributed by atoms with E-state index in [9.17, 15) is 12.8 Å². The maximum atomic E-state index is 13.2. The van der Waals surface area contributed by atoms with Gasteiger partial charge in [-0.1, -0.05) is 19.1 Å². The van der Waals surface area contributed by atoms with Crippen LogP contribution in [0.3, 0.4) is 0 Å². The van der Waals surface area contributed by atoms with Crippen molar-refractivity contribution >= 4 is 9.84 Å². The van der Waals surface area contributed by atoms with Crippen molar-refractivity contribution in [3.05, 3.63) is 77.6 Å². The fraction of sp³-hybridized carbons (Fsp3) is 0.292. The van der Waals surface area contributed by atoms with Crippen molar-refractivity contribution in [2.24, 2.45) is 0 Å². The van der Waals surface area contributed by atoms with Crippen molar-refractivity contribution in [3.8, 4) is 22.8 Å². The van der Waals surface area contributed by atoms with Gasteiger partial charge in [0.1, 0.15) is 17.3 Å². The normalized spacial score (nSPS) is 12.5. The van der Waals surface area contributed by atoms with Crippen LogP contribution in [0.2, 0.25) is 0 Å². The first-order valence-corrected chi connectivity index (χ1v) is 12.7. The van der Waals surface area contributed by atoms with Crippen LogP contribution in [0.4, 0.5) is 4.39 Å². The lowest BCUT2D eigenvalue weighted by Gasteiger charge is -2.17. The SMILES string of the molecule is COc1cccc(C)c1-n1c(CS(=O)(=O)C[C@@H](C)c2ncc(F)cn2)nnc1-c1cncc(C)c1. The van der Waals surface area contributed by atoms with E-state index >= 15 is 0 Å². The van der Waals surface area contributed by atoms with E-state index < -0.39 is 21.6 Å². The second-order valence-corrected chi connectivity index (χ2v) is 10.5. The predicted octanol–water partition coefficient (Wildman–Crippen LogP) is 3.60. The van der Waals surface area contributed by atoms with Gasteiger partial charge in [0.25, 0.3) is 0 Å². The quantitative estimate of drug-likeness (QED) is 0.364. The molecule has 35 heavy (non-hydrogen) atoms. The van der Waals surface area contributed by atoms with Crippen LogP contribution in [0.1, 0.15) is 35.6 Å². The Morgan fingerprint density at radius 3 is 2.51 bits per heavy atom. The van der Waals surface area contributed by atoms with Gasteiger partial charge < -0.3 is 4.74 Å². The molecule has 11 heteroatoms. The van der Waals surface area contributed by atoms with Gasteiger partial charge in [-0.25, -0.2) is 22.8 Å². The van der Waals surface area contributed by atoms with Gasteiger partial charge in [0.15, 0.2) is 27.3 Å². The fourth-order valence-electron chi connectivity index (χ4n) is 3.88. The summed E-state index contributed by atoms with van der Waals surface area (Å²) in [5.41, 5.74) is 3.13. The Hall–Kier alpha value is -3.73. The molecule has 3 aromatic heterocycles. The van der Waals surface area contributed by atoms with Crippen LogP contribution in [-0.2, 0) is 15.6 Å². The number of sulfone groups is 1. The van der Waals surface area contributed by atoms with Gasteiger partial charge >= 0.3 is 0 Å². The molecule has 3 heterocycles. The predicted molar refractivity (Wildman–Crippen MR) is 129 cm³/mol. The topological polar surface area (TPSA) is 113 Å². The first-order valence-electron chi connectivity index (χ1n) is 10.9. The van der Waals surface area contributed by atoms with Crippen LogP contribution >= 0.6 is 0 Å². The molecular weight excluding hydrogens is 471 g/mol. The molecule has 0 spiro atoms. The van der Waals surface area contributed by atoms with Crippen molar-refractivity contribution in [1.82, 2.24) is 29.7 Å². The third kappa shape index (κ3) is 5.35. The second kappa shape index (κ2) is 9.87. The Kier molecular flexibility index (Phi) is 6.88. The summed E-state index contributed by atoms with van der Waals surface area (Å²) in [5.74, 6) is -0.232. The smallest absolute Gasteiger partial charge is 0.170 e. The van der Waals surface area contributed by atoms with E-state index in [1.807, 2.05) is 32.0 Å². The Labute approximate surface area is 203 Å². The van der Waals surface area contributed by atoms with E-state index in [1.54, 1.807) is 37.1 Å². The van der Waals surface area contributed by atoms with Gasteiger partial charge in [0.05, 0.1) is 30.9 Å². The van der Waals surface area contributed by atoms with E-state index in [2.05, 4.69) is 25.1 Å². The minimum absolute atomic E-state index is 0.237. The number of aryl methyl sites for hydroxylation is 2.